The van der Waals surface area contributed by atoms with Crippen molar-refractivity contribution in [1.82, 2.24) is 10.3 Å². The highest BCUT2D eigenvalue weighted by atomic mass is 32.1. The molecule has 0 spiro atoms. The molecule has 6 nitrogen and oxygen atoms in total. The van der Waals surface area contributed by atoms with Crippen LogP contribution in [0.5, 0.6) is 0 Å². The van der Waals surface area contributed by atoms with E-state index in [9.17, 15) is 9.59 Å². The van der Waals surface area contributed by atoms with E-state index in [1.807, 2.05) is 5.38 Å². The predicted molar refractivity (Wildman–Crippen MR) is 67.4 cm³/mol. The summed E-state index contributed by atoms with van der Waals surface area (Å²) in [4.78, 5) is 26.0. The van der Waals surface area contributed by atoms with Gasteiger partial charge in [0.2, 0.25) is 5.91 Å². The van der Waals surface area contributed by atoms with Crippen LogP contribution in [0, 0.1) is 5.92 Å². The number of nitrogens with one attached hydrogen (secondary N) is 2. The molecule has 1 aliphatic rings. The quantitative estimate of drug-likeness (QED) is 0.718. The van der Waals surface area contributed by atoms with Crippen LogP contribution in [0.3, 0.4) is 0 Å². The molecule has 1 atom stereocenters. The van der Waals surface area contributed by atoms with Gasteiger partial charge in [-0.15, -0.1) is 11.3 Å². The van der Waals surface area contributed by atoms with Crippen LogP contribution < -0.4 is 10.6 Å². The van der Waals surface area contributed by atoms with E-state index < -0.39 is 12.0 Å². The minimum atomic E-state index is -0.810. The molecule has 1 aromatic rings. The van der Waals surface area contributed by atoms with E-state index in [1.165, 1.54) is 18.3 Å². The fourth-order valence-corrected chi connectivity index (χ4v) is 2.45. The van der Waals surface area contributed by atoms with Crippen LogP contribution >= 0.6 is 11.3 Å². The molecule has 1 heterocycles. The molecule has 0 aliphatic heterocycles. The summed E-state index contributed by atoms with van der Waals surface area (Å²) >= 11 is 1.33. The molecule has 0 saturated heterocycles. The molecule has 1 aromatic heterocycles. The molecular weight excluding hydrogens is 254 g/mol. The Morgan fingerprint density at radius 2 is 2.33 bits per heavy atom. The lowest BCUT2D eigenvalue weighted by Gasteiger charge is -2.11. The van der Waals surface area contributed by atoms with Crippen molar-refractivity contribution < 1.29 is 14.7 Å². The first-order valence-electron chi connectivity index (χ1n) is 5.74. The van der Waals surface area contributed by atoms with Gasteiger partial charge in [-0.1, -0.05) is 0 Å². The van der Waals surface area contributed by atoms with E-state index in [2.05, 4.69) is 15.6 Å². The maximum Gasteiger partial charge on any atom is 0.320 e. The van der Waals surface area contributed by atoms with Gasteiger partial charge in [0.05, 0.1) is 5.69 Å². The van der Waals surface area contributed by atoms with Gasteiger partial charge in [0.1, 0.15) is 6.04 Å². The van der Waals surface area contributed by atoms with Gasteiger partial charge < -0.3 is 10.4 Å². The van der Waals surface area contributed by atoms with Crippen LogP contribution in [0.25, 0.3) is 0 Å². The SMILES string of the molecule is CC(=O)Nc1nc(CNC(C(=O)O)C2CC2)cs1. The summed E-state index contributed by atoms with van der Waals surface area (Å²) in [6.45, 7) is 1.83. The van der Waals surface area contributed by atoms with Gasteiger partial charge in [0, 0.05) is 18.8 Å². The Morgan fingerprint density at radius 3 is 2.89 bits per heavy atom. The Hall–Kier alpha value is -1.47. The number of rotatable bonds is 6. The number of hydrogen-bond donors (Lipinski definition) is 3. The molecule has 1 amide bonds. The summed E-state index contributed by atoms with van der Waals surface area (Å²) in [6.07, 6.45) is 1.94. The van der Waals surface area contributed by atoms with E-state index in [1.54, 1.807) is 0 Å². The lowest BCUT2D eigenvalue weighted by molar-refractivity contribution is -0.140. The first kappa shape index (κ1) is 13.0. The second kappa shape index (κ2) is 5.45. The number of carboxylic acids is 1. The van der Waals surface area contributed by atoms with Crippen molar-refractivity contribution in [2.45, 2.75) is 32.4 Å². The molecule has 18 heavy (non-hydrogen) atoms. The lowest BCUT2D eigenvalue weighted by Crippen LogP contribution is -2.38. The molecule has 0 bridgehead atoms. The average Bonchev–Trinajstić information content (AvgIpc) is 3.00. The number of anilines is 1. The Labute approximate surface area is 108 Å². The largest absolute Gasteiger partial charge is 0.480 e. The van der Waals surface area contributed by atoms with Gasteiger partial charge in [-0.05, 0) is 18.8 Å². The van der Waals surface area contributed by atoms with E-state index in [-0.39, 0.29) is 11.8 Å². The molecule has 98 valence electrons. The third-order valence-electron chi connectivity index (χ3n) is 2.70. The van der Waals surface area contributed by atoms with Crippen molar-refractivity contribution in [2.24, 2.45) is 5.92 Å². The van der Waals surface area contributed by atoms with Crippen LogP contribution in [0.4, 0.5) is 5.13 Å². The molecule has 2 rings (SSSR count). The Morgan fingerprint density at radius 1 is 1.61 bits per heavy atom. The molecule has 1 aliphatic carbocycles. The summed E-state index contributed by atoms with van der Waals surface area (Å²) in [5.74, 6) is -0.726. The van der Waals surface area contributed by atoms with Crippen molar-refractivity contribution in [3.8, 4) is 0 Å². The van der Waals surface area contributed by atoms with E-state index in [0.717, 1.165) is 18.5 Å². The molecular formula is C11H15N3O3S. The van der Waals surface area contributed by atoms with Crippen LogP contribution in [0.1, 0.15) is 25.5 Å². The zero-order valence-electron chi connectivity index (χ0n) is 9.97. The minimum absolute atomic E-state index is 0.162. The Balaban J connectivity index is 1.87. The number of amides is 1. The highest BCUT2D eigenvalue weighted by molar-refractivity contribution is 7.13. The second-order valence-electron chi connectivity index (χ2n) is 4.36. The first-order valence-corrected chi connectivity index (χ1v) is 6.62. The van der Waals surface area contributed by atoms with Crippen LogP contribution in [0.15, 0.2) is 5.38 Å². The zero-order valence-corrected chi connectivity index (χ0v) is 10.8. The van der Waals surface area contributed by atoms with Gasteiger partial charge in [0.15, 0.2) is 5.13 Å². The van der Waals surface area contributed by atoms with E-state index >= 15 is 0 Å². The number of carboxylic acid groups (broad SMARTS) is 1. The second-order valence-corrected chi connectivity index (χ2v) is 5.22. The maximum absolute atomic E-state index is 11.0. The van der Waals surface area contributed by atoms with Crippen molar-refractivity contribution >= 4 is 28.3 Å². The number of carbonyl (C=O) groups excluding carboxylic acids is 1. The van der Waals surface area contributed by atoms with E-state index in [0.29, 0.717) is 11.7 Å². The molecule has 0 aromatic carbocycles. The summed E-state index contributed by atoms with van der Waals surface area (Å²) < 4.78 is 0. The zero-order chi connectivity index (χ0) is 13.1. The van der Waals surface area contributed by atoms with Crippen LogP contribution in [-0.4, -0.2) is 28.0 Å². The maximum atomic E-state index is 11.0. The molecule has 0 radical (unpaired) electrons. The average molecular weight is 269 g/mol. The standard InChI is InChI=1S/C11H15N3O3S/c1-6(15)13-11-14-8(5-18-11)4-12-9(10(16)17)7-2-3-7/h5,7,9,12H,2-4H2,1H3,(H,16,17)(H,13,14,15). The number of aliphatic carboxylic acids is 1. The number of thiazole rings is 1. The summed E-state index contributed by atoms with van der Waals surface area (Å²) in [7, 11) is 0. The summed E-state index contributed by atoms with van der Waals surface area (Å²) in [6, 6.07) is -0.490. The number of carbonyl (C=O) groups is 2. The smallest absolute Gasteiger partial charge is 0.320 e. The molecule has 1 saturated carbocycles. The predicted octanol–water partition coefficient (Wildman–Crippen LogP) is 1.05. The van der Waals surface area contributed by atoms with Gasteiger partial charge in [-0.3, -0.25) is 14.9 Å². The normalized spacial score (nSPS) is 16.3. The molecule has 1 unspecified atom stereocenters. The number of aromatic nitrogens is 1. The first-order chi connectivity index (χ1) is 8.56. The van der Waals surface area contributed by atoms with Gasteiger partial charge in [-0.2, -0.15) is 0 Å². The molecule has 7 heteroatoms. The van der Waals surface area contributed by atoms with Crippen molar-refractivity contribution in [2.75, 3.05) is 5.32 Å². The Kier molecular flexibility index (Phi) is 3.93. The third kappa shape index (κ3) is 3.51. The van der Waals surface area contributed by atoms with Crippen LogP contribution in [-0.2, 0) is 16.1 Å². The monoisotopic (exact) mass is 269 g/mol. The summed E-state index contributed by atoms with van der Waals surface area (Å²) in [5.41, 5.74) is 0.746. The van der Waals surface area contributed by atoms with E-state index in [4.69, 9.17) is 5.11 Å². The highest BCUT2D eigenvalue weighted by Gasteiger charge is 2.35. The Bertz CT molecular complexity index is 456. The summed E-state index contributed by atoms with van der Waals surface area (Å²) in [5, 5.41) is 17.0. The number of nitrogens with zero attached hydrogens (tertiary/aromatic N) is 1. The molecule has 3 N–H and O–H groups in total. The van der Waals surface area contributed by atoms with Gasteiger partial charge in [0.25, 0.3) is 0 Å². The fourth-order valence-electron chi connectivity index (χ4n) is 1.70. The lowest BCUT2D eigenvalue weighted by atomic mass is 10.2. The fraction of sp³-hybridized carbons (Fsp3) is 0.545. The topological polar surface area (TPSA) is 91.3 Å². The van der Waals surface area contributed by atoms with Crippen molar-refractivity contribution in [3.05, 3.63) is 11.1 Å². The van der Waals surface area contributed by atoms with Crippen molar-refractivity contribution in [1.29, 1.82) is 0 Å². The highest BCUT2D eigenvalue weighted by Crippen LogP contribution is 2.32. The van der Waals surface area contributed by atoms with Crippen molar-refractivity contribution in [3.63, 3.8) is 0 Å². The van der Waals surface area contributed by atoms with Gasteiger partial charge in [-0.25, -0.2) is 4.98 Å². The molecule has 1 fully saturated rings. The van der Waals surface area contributed by atoms with Gasteiger partial charge >= 0.3 is 5.97 Å². The third-order valence-corrected chi connectivity index (χ3v) is 3.50. The number of hydrogen-bond acceptors (Lipinski definition) is 5. The minimum Gasteiger partial charge on any atom is -0.480 e. The van der Waals surface area contributed by atoms with Crippen LogP contribution in [0.2, 0.25) is 0 Å².